The van der Waals surface area contributed by atoms with Gasteiger partial charge < -0.3 is 15.6 Å². The molecular weight excluding hydrogens is 511 g/mol. The van der Waals surface area contributed by atoms with E-state index in [2.05, 4.69) is 38.8 Å². The number of nitrogens with one attached hydrogen (secondary N) is 3. The van der Waals surface area contributed by atoms with E-state index in [4.69, 9.17) is 0 Å². The maximum absolute atomic E-state index is 11.8. The van der Waals surface area contributed by atoms with Gasteiger partial charge in [-0.15, -0.1) is 24.0 Å². The van der Waals surface area contributed by atoms with Crippen LogP contribution in [0.2, 0.25) is 0 Å². The lowest BCUT2D eigenvalue weighted by molar-refractivity contribution is 0.601. The van der Waals surface area contributed by atoms with E-state index in [1.54, 1.807) is 6.07 Å². The minimum atomic E-state index is -3.20. The van der Waals surface area contributed by atoms with Crippen molar-refractivity contribution < 1.29 is 8.42 Å². The Morgan fingerprint density at radius 1 is 1.10 bits per heavy atom. The number of nitrogens with zero attached hydrogens (tertiary/aromatic N) is 1. The van der Waals surface area contributed by atoms with Crippen molar-refractivity contribution in [3.63, 3.8) is 0 Å². The molecule has 3 rings (SSSR count). The van der Waals surface area contributed by atoms with Crippen molar-refractivity contribution in [1.29, 1.82) is 0 Å². The van der Waals surface area contributed by atoms with Crippen molar-refractivity contribution in [2.45, 2.75) is 31.7 Å². The first-order valence-corrected chi connectivity index (χ1v) is 11.6. The van der Waals surface area contributed by atoms with Crippen LogP contribution in [0.25, 0.3) is 10.9 Å². The number of guanidine groups is 1. The molecule has 0 bridgehead atoms. The van der Waals surface area contributed by atoms with Gasteiger partial charge in [-0.3, -0.25) is 0 Å². The Balaban J connectivity index is 0.00000320. The highest BCUT2D eigenvalue weighted by atomic mass is 127. The first kappa shape index (κ1) is 24.2. The van der Waals surface area contributed by atoms with E-state index in [1.807, 2.05) is 38.1 Å². The Bertz CT molecular complexity index is 1090. The molecule has 3 aromatic rings. The van der Waals surface area contributed by atoms with E-state index in [9.17, 15) is 8.42 Å². The van der Waals surface area contributed by atoms with Gasteiger partial charge in [-0.05, 0) is 48.6 Å². The van der Waals surface area contributed by atoms with Crippen LogP contribution in [-0.2, 0) is 22.8 Å². The van der Waals surface area contributed by atoms with Crippen LogP contribution in [0.3, 0.4) is 0 Å². The molecule has 0 spiro atoms. The summed E-state index contributed by atoms with van der Waals surface area (Å²) in [6, 6.07) is 15.8. The smallest absolute Gasteiger partial charge is 0.191 e. The summed E-state index contributed by atoms with van der Waals surface area (Å²) < 4.78 is 23.5. The Morgan fingerprint density at radius 2 is 1.87 bits per heavy atom. The summed E-state index contributed by atoms with van der Waals surface area (Å²) in [4.78, 5) is 8.43. The number of rotatable bonds is 7. The monoisotopic (exact) mass is 540 g/mol. The number of sulfone groups is 1. The molecule has 2 aromatic carbocycles. The van der Waals surface area contributed by atoms with Crippen molar-refractivity contribution >= 4 is 50.7 Å². The average Bonchev–Trinajstić information content (AvgIpc) is 3.08. The molecular formula is C22H29IN4O2S. The number of aryl methyl sites for hydroxylation is 1. The number of hydrogen-bond acceptors (Lipinski definition) is 3. The van der Waals surface area contributed by atoms with E-state index in [-0.39, 0.29) is 24.0 Å². The van der Waals surface area contributed by atoms with Crippen molar-refractivity contribution in [3.05, 3.63) is 65.4 Å². The molecule has 0 atom stereocenters. The number of aromatic amines is 1. The summed E-state index contributed by atoms with van der Waals surface area (Å²) in [5.41, 5.74) is 4.05. The van der Waals surface area contributed by atoms with Crippen molar-refractivity contribution in [3.8, 4) is 0 Å². The minimum Gasteiger partial charge on any atom is -0.358 e. The number of aromatic nitrogens is 1. The predicted octanol–water partition coefficient (Wildman–Crippen LogP) is 3.80. The maximum Gasteiger partial charge on any atom is 0.191 e. The fraction of sp³-hybridized carbons (Fsp3) is 0.318. The average molecular weight is 540 g/mol. The number of para-hydroxylation sites is 1. The molecule has 0 aliphatic rings. The molecule has 162 valence electrons. The fourth-order valence-electron chi connectivity index (χ4n) is 3.32. The predicted molar refractivity (Wildman–Crippen MR) is 135 cm³/mol. The van der Waals surface area contributed by atoms with Gasteiger partial charge in [0.25, 0.3) is 0 Å². The van der Waals surface area contributed by atoms with Gasteiger partial charge in [0.1, 0.15) is 0 Å². The zero-order chi connectivity index (χ0) is 20.9. The van der Waals surface area contributed by atoms with Crippen LogP contribution in [0.4, 0.5) is 0 Å². The van der Waals surface area contributed by atoms with Gasteiger partial charge in [0, 0.05) is 37.0 Å². The largest absolute Gasteiger partial charge is 0.358 e. The van der Waals surface area contributed by atoms with Gasteiger partial charge in [0.15, 0.2) is 15.8 Å². The molecule has 0 radical (unpaired) electrons. The minimum absolute atomic E-state index is 0. The molecule has 6 nitrogen and oxygen atoms in total. The lowest BCUT2D eigenvalue weighted by Gasteiger charge is -2.11. The van der Waals surface area contributed by atoms with E-state index >= 15 is 0 Å². The van der Waals surface area contributed by atoms with E-state index < -0.39 is 9.84 Å². The lowest BCUT2D eigenvalue weighted by Crippen LogP contribution is -2.38. The summed E-state index contributed by atoms with van der Waals surface area (Å²) in [5, 5.41) is 7.82. The maximum atomic E-state index is 11.8. The third kappa shape index (κ3) is 6.46. The Morgan fingerprint density at radius 3 is 2.53 bits per heavy atom. The Kier molecular flexibility index (Phi) is 8.72. The van der Waals surface area contributed by atoms with Gasteiger partial charge in [0.05, 0.1) is 11.4 Å². The molecule has 8 heteroatoms. The Hall–Kier alpha value is -2.07. The van der Waals surface area contributed by atoms with Crippen molar-refractivity contribution in [1.82, 2.24) is 15.6 Å². The molecule has 1 aromatic heterocycles. The number of fused-ring (bicyclic) bond motifs is 1. The number of aliphatic imine (C=N–C) groups is 1. The second-order valence-electron chi connectivity index (χ2n) is 7.13. The first-order valence-electron chi connectivity index (χ1n) is 9.75. The molecule has 3 N–H and O–H groups in total. The Labute approximate surface area is 195 Å². The molecule has 30 heavy (non-hydrogen) atoms. The highest BCUT2D eigenvalue weighted by Gasteiger charge is 2.10. The van der Waals surface area contributed by atoms with Crippen molar-refractivity contribution in [2.24, 2.45) is 4.99 Å². The van der Waals surface area contributed by atoms with E-state index in [0.717, 1.165) is 42.1 Å². The summed E-state index contributed by atoms with van der Waals surface area (Å²) >= 11 is 0. The van der Waals surface area contributed by atoms with Crippen LogP contribution in [0.15, 0.2) is 58.4 Å². The van der Waals surface area contributed by atoms with Crippen LogP contribution in [0.1, 0.15) is 23.7 Å². The molecule has 0 saturated heterocycles. The molecule has 0 aliphatic carbocycles. The first-order chi connectivity index (χ1) is 13.9. The number of hydrogen-bond donors (Lipinski definition) is 3. The molecule has 1 heterocycles. The number of halogens is 1. The molecule has 0 fully saturated rings. The van der Waals surface area contributed by atoms with Gasteiger partial charge in [-0.1, -0.05) is 30.3 Å². The third-order valence-corrected chi connectivity index (χ3v) is 5.93. The van der Waals surface area contributed by atoms with Crippen LogP contribution in [-0.4, -0.2) is 38.7 Å². The SMILES string of the molecule is CCNC(=NCc1ccc(S(C)(=O)=O)c(C)c1)NCCc1cc2ccccc2[nH]1.I. The topological polar surface area (TPSA) is 86.3 Å². The summed E-state index contributed by atoms with van der Waals surface area (Å²) in [6.45, 7) is 5.84. The number of H-pyrrole nitrogens is 1. The fourth-order valence-corrected chi connectivity index (χ4v) is 4.28. The van der Waals surface area contributed by atoms with Gasteiger partial charge >= 0.3 is 0 Å². The number of benzene rings is 2. The zero-order valence-electron chi connectivity index (χ0n) is 17.5. The zero-order valence-corrected chi connectivity index (χ0v) is 20.7. The molecule has 0 aliphatic heterocycles. The molecule has 0 amide bonds. The second-order valence-corrected chi connectivity index (χ2v) is 9.11. The second kappa shape index (κ2) is 10.8. The highest BCUT2D eigenvalue weighted by molar-refractivity contribution is 14.0. The molecule has 0 unspecified atom stereocenters. The van der Waals surface area contributed by atoms with Crippen LogP contribution in [0.5, 0.6) is 0 Å². The van der Waals surface area contributed by atoms with Crippen molar-refractivity contribution in [2.75, 3.05) is 19.3 Å². The standard InChI is InChI=1S/C22H28N4O2S.HI/c1-4-23-22(24-12-11-19-14-18-7-5-6-8-20(18)26-19)25-15-17-9-10-21(16(2)13-17)29(3,27)28;/h5-10,13-14,26H,4,11-12,15H2,1-3H3,(H2,23,24,25);1H. The van der Waals surface area contributed by atoms with E-state index in [1.165, 1.54) is 17.3 Å². The summed E-state index contributed by atoms with van der Waals surface area (Å²) in [6.07, 6.45) is 2.09. The lowest BCUT2D eigenvalue weighted by atomic mass is 10.1. The summed E-state index contributed by atoms with van der Waals surface area (Å²) in [7, 11) is -3.20. The highest BCUT2D eigenvalue weighted by Crippen LogP contribution is 2.17. The van der Waals surface area contributed by atoms with Crippen LogP contribution < -0.4 is 10.6 Å². The van der Waals surface area contributed by atoms with Gasteiger partial charge in [-0.2, -0.15) is 0 Å². The normalized spacial score (nSPS) is 11.9. The van der Waals surface area contributed by atoms with Crippen LogP contribution in [0, 0.1) is 6.92 Å². The third-order valence-electron chi connectivity index (χ3n) is 4.68. The molecule has 0 saturated carbocycles. The van der Waals surface area contributed by atoms with Gasteiger partial charge in [0.2, 0.25) is 0 Å². The quantitative estimate of drug-likeness (QED) is 0.242. The van der Waals surface area contributed by atoms with Gasteiger partial charge in [-0.25, -0.2) is 13.4 Å². The summed E-state index contributed by atoms with van der Waals surface area (Å²) in [5.74, 6) is 0.744. The van der Waals surface area contributed by atoms with Crippen LogP contribution >= 0.6 is 24.0 Å². The van der Waals surface area contributed by atoms with E-state index in [0.29, 0.717) is 11.4 Å².